The molecule has 0 unspecified atom stereocenters. The van der Waals surface area contributed by atoms with Crippen molar-refractivity contribution in [2.45, 2.75) is 13.8 Å². The molecule has 98 valence electrons. The Labute approximate surface area is 115 Å². The van der Waals surface area contributed by atoms with Gasteiger partial charge in [0.05, 0.1) is 5.56 Å². The van der Waals surface area contributed by atoms with Crippen LogP contribution in [-0.2, 0) is 0 Å². The summed E-state index contributed by atoms with van der Waals surface area (Å²) in [5.74, 6) is -1.70. The first-order valence-corrected chi connectivity index (χ1v) is 6.08. The average molecular weight is 279 g/mol. The third kappa shape index (κ3) is 2.61. The van der Waals surface area contributed by atoms with E-state index < -0.39 is 11.8 Å². The lowest BCUT2D eigenvalue weighted by Gasteiger charge is -2.10. The van der Waals surface area contributed by atoms with Gasteiger partial charge < -0.3 is 5.11 Å². The van der Waals surface area contributed by atoms with E-state index in [1.165, 1.54) is 12.1 Å². The Balaban J connectivity index is 2.59. The smallest absolute Gasteiger partial charge is 0.335 e. The molecular weight excluding hydrogens is 267 g/mol. The number of carbonyl (C=O) groups is 1. The van der Waals surface area contributed by atoms with E-state index >= 15 is 0 Å². The van der Waals surface area contributed by atoms with Crippen LogP contribution in [0.2, 0.25) is 5.02 Å². The molecule has 0 atom stereocenters. The summed E-state index contributed by atoms with van der Waals surface area (Å²) in [6.07, 6.45) is 0. The second-order valence-electron chi connectivity index (χ2n) is 4.42. The maximum atomic E-state index is 14.0. The summed E-state index contributed by atoms with van der Waals surface area (Å²) in [6.45, 7) is 3.68. The van der Waals surface area contributed by atoms with Crippen molar-refractivity contribution in [2.24, 2.45) is 0 Å². The molecule has 0 bridgehead atoms. The van der Waals surface area contributed by atoms with Crippen molar-refractivity contribution in [3.05, 3.63) is 57.9 Å². The molecule has 0 saturated heterocycles. The van der Waals surface area contributed by atoms with Gasteiger partial charge in [0, 0.05) is 10.6 Å². The molecular formula is C15H12ClFO2. The predicted molar refractivity (Wildman–Crippen MR) is 73.3 cm³/mol. The first-order valence-electron chi connectivity index (χ1n) is 5.70. The molecule has 2 aromatic carbocycles. The van der Waals surface area contributed by atoms with E-state index in [4.69, 9.17) is 16.7 Å². The normalized spacial score (nSPS) is 10.5. The summed E-state index contributed by atoms with van der Waals surface area (Å²) in [4.78, 5) is 10.8. The highest BCUT2D eigenvalue weighted by atomic mass is 35.5. The minimum absolute atomic E-state index is 0.0652. The summed E-state index contributed by atoms with van der Waals surface area (Å²) < 4.78 is 14.0. The molecule has 0 spiro atoms. The number of carboxylic acids is 1. The van der Waals surface area contributed by atoms with Gasteiger partial charge in [0.15, 0.2) is 0 Å². The third-order valence-corrected chi connectivity index (χ3v) is 3.42. The average Bonchev–Trinajstić information content (AvgIpc) is 2.34. The lowest BCUT2D eigenvalue weighted by Crippen LogP contribution is -1.98. The molecule has 2 aromatic rings. The van der Waals surface area contributed by atoms with Crippen LogP contribution in [0.4, 0.5) is 4.39 Å². The van der Waals surface area contributed by atoms with Crippen LogP contribution < -0.4 is 0 Å². The lowest BCUT2D eigenvalue weighted by molar-refractivity contribution is 0.0696. The van der Waals surface area contributed by atoms with Gasteiger partial charge in [0.25, 0.3) is 0 Å². The molecule has 4 heteroatoms. The molecule has 0 aliphatic heterocycles. The minimum atomic E-state index is -1.14. The molecule has 2 rings (SSSR count). The van der Waals surface area contributed by atoms with Crippen molar-refractivity contribution in [1.29, 1.82) is 0 Å². The zero-order chi connectivity index (χ0) is 14.2. The molecule has 0 heterocycles. The van der Waals surface area contributed by atoms with Crippen LogP contribution in [0.25, 0.3) is 11.1 Å². The maximum absolute atomic E-state index is 14.0. The Morgan fingerprint density at radius 1 is 1.11 bits per heavy atom. The third-order valence-electron chi connectivity index (χ3n) is 3.01. The zero-order valence-corrected chi connectivity index (χ0v) is 11.3. The van der Waals surface area contributed by atoms with Crippen LogP contribution in [0, 0.1) is 19.7 Å². The van der Waals surface area contributed by atoms with Crippen LogP contribution >= 0.6 is 11.6 Å². The lowest BCUT2D eigenvalue weighted by atomic mass is 9.97. The Hall–Kier alpha value is -1.87. The van der Waals surface area contributed by atoms with Crippen molar-refractivity contribution in [1.82, 2.24) is 0 Å². The number of aryl methyl sites for hydroxylation is 2. The second-order valence-corrected chi connectivity index (χ2v) is 4.82. The molecule has 0 fully saturated rings. The molecule has 0 aliphatic rings. The van der Waals surface area contributed by atoms with Crippen LogP contribution in [0.1, 0.15) is 21.5 Å². The molecule has 0 amide bonds. The molecule has 1 N–H and O–H groups in total. The fourth-order valence-corrected chi connectivity index (χ4v) is 2.16. The molecule has 2 nitrogen and oxygen atoms in total. The van der Waals surface area contributed by atoms with Crippen LogP contribution in [-0.4, -0.2) is 11.1 Å². The van der Waals surface area contributed by atoms with Gasteiger partial charge in [-0.1, -0.05) is 17.7 Å². The molecule has 0 radical (unpaired) electrons. The Morgan fingerprint density at radius 3 is 2.37 bits per heavy atom. The Morgan fingerprint density at radius 2 is 1.79 bits per heavy atom. The van der Waals surface area contributed by atoms with E-state index in [2.05, 4.69) is 0 Å². The van der Waals surface area contributed by atoms with Gasteiger partial charge in [-0.2, -0.15) is 0 Å². The van der Waals surface area contributed by atoms with Gasteiger partial charge in [0.1, 0.15) is 5.82 Å². The number of halogens is 2. The fourth-order valence-electron chi connectivity index (χ4n) is 1.94. The van der Waals surface area contributed by atoms with Gasteiger partial charge in [-0.15, -0.1) is 0 Å². The van der Waals surface area contributed by atoms with Crippen LogP contribution in [0.3, 0.4) is 0 Å². The number of hydrogen-bond acceptors (Lipinski definition) is 1. The fraction of sp³-hybridized carbons (Fsp3) is 0.133. The standard InChI is InChI=1S/C15H12ClFO2/c1-8-6-13(16)9(2)5-12(8)11-4-3-10(15(18)19)7-14(11)17/h3-7H,1-2H3,(H,18,19). The first kappa shape index (κ1) is 13.6. The number of hydrogen-bond donors (Lipinski definition) is 1. The number of aromatic carboxylic acids is 1. The van der Waals surface area contributed by atoms with E-state index in [1.807, 2.05) is 13.8 Å². The quantitative estimate of drug-likeness (QED) is 0.880. The second kappa shape index (κ2) is 5.02. The van der Waals surface area contributed by atoms with Crippen LogP contribution in [0.15, 0.2) is 30.3 Å². The summed E-state index contributed by atoms with van der Waals surface area (Å²) in [6, 6.07) is 7.48. The highest BCUT2D eigenvalue weighted by Crippen LogP contribution is 2.30. The largest absolute Gasteiger partial charge is 0.478 e. The first-order chi connectivity index (χ1) is 8.90. The van der Waals surface area contributed by atoms with E-state index in [0.29, 0.717) is 10.6 Å². The van der Waals surface area contributed by atoms with E-state index in [1.54, 1.807) is 12.1 Å². The summed E-state index contributed by atoms with van der Waals surface area (Å²) >= 11 is 6.01. The van der Waals surface area contributed by atoms with Crippen molar-refractivity contribution in [3.63, 3.8) is 0 Å². The van der Waals surface area contributed by atoms with Crippen LogP contribution in [0.5, 0.6) is 0 Å². The molecule has 0 saturated carbocycles. The zero-order valence-electron chi connectivity index (χ0n) is 10.5. The molecule has 19 heavy (non-hydrogen) atoms. The monoisotopic (exact) mass is 278 g/mol. The number of benzene rings is 2. The van der Waals surface area contributed by atoms with Crippen molar-refractivity contribution >= 4 is 17.6 Å². The summed E-state index contributed by atoms with van der Waals surface area (Å²) in [7, 11) is 0. The predicted octanol–water partition coefficient (Wildman–Crippen LogP) is 4.46. The van der Waals surface area contributed by atoms with Crippen molar-refractivity contribution in [2.75, 3.05) is 0 Å². The molecule has 0 aromatic heterocycles. The maximum Gasteiger partial charge on any atom is 0.335 e. The Bertz CT molecular complexity index is 665. The Kier molecular flexibility index (Phi) is 3.58. The highest BCUT2D eigenvalue weighted by Gasteiger charge is 2.12. The van der Waals surface area contributed by atoms with Crippen molar-refractivity contribution < 1.29 is 14.3 Å². The number of carboxylic acid groups (broad SMARTS) is 1. The van der Waals surface area contributed by atoms with Gasteiger partial charge in [-0.05, 0) is 54.8 Å². The summed E-state index contributed by atoms with van der Waals surface area (Å²) in [5.41, 5.74) is 2.73. The van der Waals surface area contributed by atoms with E-state index in [9.17, 15) is 9.18 Å². The summed E-state index contributed by atoms with van der Waals surface area (Å²) in [5, 5.41) is 9.45. The molecule has 0 aliphatic carbocycles. The topological polar surface area (TPSA) is 37.3 Å². The van der Waals surface area contributed by atoms with Gasteiger partial charge >= 0.3 is 5.97 Å². The number of rotatable bonds is 2. The van der Waals surface area contributed by atoms with E-state index in [0.717, 1.165) is 22.8 Å². The van der Waals surface area contributed by atoms with Gasteiger partial charge in [-0.3, -0.25) is 0 Å². The van der Waals surface area contributed by atoms with Crippen molar-refractivity contribution in [3.8, 4) is 11.1 Å². The highest BCUT2D eigenvalue weighted by molar-refractivity contribution is 6.31. The van der Waals surface area contributed by atoms with E-state index in [-0.39, 0.29) is 5.56 Å². The van der Waals surface area contributed by atoms with Gasteiger partial charge in [0.2, 0.25) is 0 Å². The SMILES string of the molecule is Cc1cc(-c2ccc(C(=O)O)cc2F)c(C)cc1Cl. The van der Waals surface area contributed by atoms with Gasteiger partial charge in [-0.25, -0.2) is 9.18 Å². The minimum Gasteiger partial charge on any atom is -0.478 e.